The summed E-state index contributed by atoms with van der Waals surface area (Å²) in [6, 6.07) is 18.3. The largest absolute Gasteiger partial charge is 0.493 e. The van der Waals surface area contributed by atoms with E-state index in [1.165, 1.54) is 12.1 Å². The molecule has 0 aromatic heterocycles. The zero-order chi connectivity index (χ0) is 22.3. The molecule has 168 valence electrons. The summed E-state index contributed by atoms with van der Waals surface area (Å²) >= 11 is 0. The van der Waals surface area contributed by atoms with E-state index in [2.05, 4.69) is 22.3 Å². The van der Waals surface area contributed by atoms with Gasteiger partial charge >= 0.3 is 0 Å². The topological polar surface area (TPSA) is 41.6 Å². The molecule has 3 aromatic rings. The van der Waals surface area contributed by atoms with Crippen LogP contribution in [0.1, 0.15) is 31.2 Å². The van der Waals surface area contributed by atoms with Crippen molar-refractivity contribution in [2.24, 2.45) is 0 Å². The van der Waals surface area contributed by atoms with E-state index in [9.17, 15) is 13.6 Å². The Hall–Kier alpha value is -2.99. The molecule has 0 bridgehead atoms. The molecule has 0 radical (unpaired) electrons. The molecule has 1 N–H and O–H groups in total. The van der Waals surface area contributed by atoms with Crippen molar-refractivity contribution < 1.29 is 18.3 Å². The Morgan fingerprint density at radius 2 is 1.78 bits per heavy atom. The minimum absolute atomic E-state index is 0.0468. The van der Waals surface area contributed by atoms with Crippen LogP contribution >= 0.6 is 0 Å². The Kier molecular flexibility index (Phi) is 7.32. The molecule has 0 aliphatic carbocycles. The maximum absolute atomic E-state index is 13.4. The third-order valence-corrected chi connectivity index (χ3v) is 5.90. The highest BCUT2D eigenvalue weighted by atomic mass is 19.2. The smallest absolute Gasteiger partial charge is 0.220 e. The maximum atomic E-state index is 13.4. The Morgan fingerprint density at radius 1 is 1.00 bits per heavy atom. The van der Waals surface area contributed by atoms with Gasteiger partial charge in [-0.15, -0.1) is 0 Å². The van der Waals surface area contributed by atoms with E-state index >= 15 is 0 Å². The van der Waals surface area contributed by atoms with Gasteiger partial charge in [-0.25, -0.2) is 8.78 Å². The molecule has 4 rings (SSSR count). The molecule has 3 aromatic carbocycles. The summed E-state index contributed by atoms with van der Waals surface area (Å²) in [5, 5.41) is 5.33. The van der Waals surface area contributed by atoms with E-state index in [0.29, 0.717) is 26.0 Å². The fourth-order valence-corrected chi connectivity index (χ4v) is 4.17. The van der Waals surface area contributed by atoms with Crippen LogP contribution in [0.25, 0.3) is 10.8 Å². The molecule has 1 heterocycles. The zero-order valence-electron chi connectivity index (χ0n) is 18.0. The van der Waals surface area contributed by atoms with Crippen LogP contribution in [0, 0.1) is 11.6 Å². The van der Waals surface area contributed by atoms with Gasteiger partial charge in [-0.2, -0.15) is 0 Å². The van der Waals surface area contributed by atoms with Crippen LogP contribution < -0.4 is 10.1 Å². The molecule has 0 spiro atoms. The monoisotopic (exact) mass is 438 g/mol. The van der Waals surface area contributed by atoms with Gasteiger partial charge in [0.05, 0.1) is 6.61 Å². The molecule has 0 saturated carbocycles. The van der Waals surface area contributed by atoms with Crippen molar-refractivity contribution in [2.75, 3.05) is 19.7 Å². The number of fused-ring (bicyclic) bond motifs is 1. The van der Waals surface area contributed by atoms with Gasteiger partial charge in [-0.05, 0) is 48.4 Å². The number of carbonyl (C=O) groups excluding carboxylic acids is 1. The van der Waals surface area contributed by atoms with Crippen molar-refractivity contribution in [3.8, 4) is 5.75 Å². The molecule has 32 heavy (non-hydrogen) atoms. The normalized spacial score (nSPS) is 15.1. The standard InChI is InChI=1S/C26H28F2N2O2/c27-23-11-10-19(17-24(23)28)18-30-14-12-21(13-15-30)29-26(31)9-4-16-32-25-8-3-6-20-5-1-2-7-22(20)25/h1-3,5-8,10-11,17,21H,4,9,12-16,18H2,(H,29,31). The lowest BCUT2D eigenvalue weighted by atomic mass is 10.0. The van der Waals surface area contributed by atoms with Crippen molar-refractivity contribution in [1.82, 2.24) is 10.2 Å². The third kappa shape index (κ3) is 5.82. The van der Waals surface area contributed by atoms with Gasteiger partial charge in [0, 0.05) is 37.5 Å². The number of nitrogens with zero attached hydrogens (tertiary/aromatic N) is 1. The number of halogens is 2. The van der Waals surface area contributed by atoms with Crippen molar-refractivity contribution in [2.45, 2.75) is 38.3 Å². The molecule has 4 nitrogen and oxygen atoms in total. The molecular formula is C26H28F2N2O2. The molecule has 0 unspecified atom stereocenters. The summed E-state index contributed by atoms with van der Waals surface area (Å²) in [6.07, 6.45) is 2.79. The lowest BCUT2D eigenvalue weighted by molar-refractivity contribution is -0.122. The fourth-order valence-electron chi connectivity index (χ4n) is 4.17. The second-order valence-electron chi connectivity index (χ2n) is 8.30. The van der Waals surface area contributed by atoms with Crippen LogP contribution in [0.5, 0.6) is 5.75 Å². The van der Waals surface area contributed by atoms with Crippen LogP contribution in [-0.4, -0.2) is 36.5 Å². The van der Waals surface area contributed by atoms with Gasteiger partial charge in [0.2, 0.25) is 5.91 Å². The summed E-state index contributed by atoms with van der Waals surface area (Å²) in [6.45, 7) is 2.71. The van der Waals surface area contributed by atoms with E-state index < -0.39 is 11.6 Å². The van der Waals surface area contributed by atoms with Gasteiger partial charge in [-0.3, -0.25) is 9.69 Å². The molecule has 1 fully saturated rings. The molecule has 1 aliphatic heterocycles. The van der Waals surface area contributed by atoms with Crippen LogP contribution in [0.3, 0.4) is 0 Å². The molecule has 1 amide bonds. The minimum Gasteiger partial charge on any atom is -0.493 e. The minimum atomic E-state index is -0.822. The highest BCUT2D eigenvalue weighted by molar-refractivity contribution is 5.88. The SMILES string of the molecule is O=C(CCCOc1cccc2ccccc12)NC1CCN(Cc2ccc(F)c(F)c2)CC1. The van der Waals surface area contributed by atoms with Crippen LogP contribution in [0.2, 0.25) is 0 Å². The number of hydrogen-bond donors (Lipinski definition) is 1. The number of likely N-dealkylation sites (tertiary alicyclic amines) is 1. The third-order valence-electron chi connectivity index (χ3n) is 5.90. The molecular weight excluding hydrogens is 410 g/mol. The number of rotatable bonds is 8. The van der Waals surface area contributed by atoms with Gasteiger partial charge in [0.25, 0.3) is 0 Å². The number of hydrogen-bond acceptors (Lipinski definition) is 3. The first-order chi connectivity index (χ1) is 15.6. The predicted octanol–water partition coefficient (Wildman–Crippen LogP) is 5.06. The Morgan fingerprint density at radius 3 is 2.59 bits per heavy atom. The summed E-state index contributed by atoms with van der Waals surface area (Å²) in [7, 11) is 0. The van der Waals surface area contributed by atoms with Gasteiger partial charge in [-0.1, -0.05) is 42.5 Å². The van der Waals surface area contributed by atoms with Gasteiger partial charge < -0.3 is 10.1 Å². The lowest BCUT2D eigenvalue weighted by Gasteiger charge is -2.32. The Balaban J connectivity index is 1.15. The number of benzene rings is 3. The van der Waals surface area contributed by atoms with Crippen LogP contribution in [0.15, 0.2) is 60.7 Å². The van der Waals surface area contributed by atoms with Crippen molar-refractivity contribution >= 4 is 16.7 Å². The number of piperidine rings is 1. The first-order valence-electron chi connectivity index (χ1n) is 11.1. The zero-order valence-corrected chi connectivity index (χ0v) is 18.0. The number of carbonyl (C=O) groups is 1. The first kappa shape index (κ1) is 22.2. The Bertz CT molecular complexity index is 1060. The highest BCUT2D eigenvalue weighted by Gasteiger charge is 2.21. The first-order valence-corrected chi connectivity index (χ1v) is 11.1. The average Bonchev–Trinajstić information content (AvgIpc) is 2.80. The van der Waals surface area contributed by atoms with E-state index in [0.717, 1.165) is 48.0 Å². The number of amides is 1. The summed E-state index contributed by atoms with van der Waals surface area (Å²) in [5.74, 6) is -0.741. The van der Waals surface area contributed by atoms with E-state index in [-0.39, 0.29) is 11.9 Å². The Labute approximate surface area is 187 Å². The quantitative estimate of drug-likeness (QED) is 0.500. The maximum Gasteiger partial charge on any atom is 0.220 e. The molecule has 1 saturated heterocycles. The number of ether oxygens (including phenoxy) is 1. The van der Waals surface area contributed by atoms with Crippen molar-refractivity contribution in [3.63, 3.8) is 0 Å². The lowest BCUT2D eigenvalue weighted by Crippen LogP contribution is -2.44. The molecule has 1 aliphatic rings. The van der Waals surface area contributed by atoms with Crippen molar-refractivity contribution in [1.29, 1.82) is 0 Å². The number of nitrogens with one attached hydrogen (secondary N) is 1. The van der Waals surface area contributed by atoms with Gasteiger partial charge in [0.1, 0.15) is 5.75 Å². The highest BCUT2D eigenvalue weighted by Crippen LogP contribution is 2.25. The summed E-state index contributed by atoms with van der Waals surface area (Å²) in [5.41, 5.74) is 0.762. The van der Waals surface area contributed by atoms with E-state index in [1.54, 1.807) is 6.07 Å². The van der Waals surface area contributed by atoms with Gasteiger partial charge in [0.15, 0.2) is 11.6 Å². The average molecular weight is 439 g/mol. The molecule has 0 atom stereocenters. The van der Waals surface area contributed by atoms with Crippen LogP contribution in [0.4, 0.5) is 8.78 Å². The second-order valence-corrected chi connectivity index (χ2v) is 8.30. The van der Waals surface area contributed by atoms with Crippen molar-refractivity contribution in [3.05, 3.63) is 77.9 Å². The summed E-state index contributed by atoms with van der Waals surface area (Å²) in [4.78, 5) is 14.5. The predicted molar refractivity (Wildman–Crippen MR) is 121 cm³/mol. The van der Waals surface area contributed by atoms with Crippen LogP contribution in [-0.2, 0) is 11.3 Å². The molecule has 6 heteroatoms. The summed E-state index contributed by atoms with van der Waals surface area (Å²) < 4.78 is 32.4. The van der Waals surface area contributed by atoms with E-state index in [1.807, 2.05) is 30.3 Å². The second kappa shape index (κ2) is 10.6. The fraction of sp³-hybridized carbons (Fsp3) is 0.346. The van der Waals surface area contributed by atoms with E-state index in [4.69, 9.17) is 4.74 Å².